The lowest BCUT2D eigenvalue weighted by molar-refractivity contribution is 0.0945. The van der Waals surface area contributed by atoms with Crippen LogP contribution in [-0.4, -0.2) is 20.9 Å². The zero-order chi connectivity index (χ0) is 17.6. The monoisotopic (exact) mass is 341 g/mol. The minimum absolute atomic E-state index is 0.131. The Bertz CT molecular complexity index is 872. The van der Waals surface area contributed by atoms with Crippen molar-refractivity contribution in [3.8, 4) is 0 Å². The predicted molar refractivity (Wildman–Crippen MR) is 87.1 cm³/mol. The summed E-state index contributed by atoms with van der Waals surface area (Å²) in [4.78, 5) is 24.2. The molecule has 0 fully saturated rings. The normalized spacial score (nSPS) is 10.3. The van der Waals surface area contributed by atoms with E-state index in [4.69, 9.17) is 0 Å². The Kier molecular flexibility index (Phi) is 4.89. The summed E-state index contributed by atoms with van der Waals surface area (Å²) < 4.78 is 26.1. The molecule has 0 bridgehead atoms. The Morgan fingerprint density at radius 3 is 2.56 bits per heavy atom. The van der Waals surface area contributed by atoms with E-state index in [0.717, 1.165) is 17.8 Å². The smallest absolute Gasteiger partial charge is 0.271 e. The highest BCUT2D eigenvalue weighted by Crippen LogP contribution is 2.16. The van der Waals surface area contributed by atoms with Gasteiger partial charge in [0, 0.05) is 18.0 Å². The summed E-state index contributed by atoms with van der Waals surface area (Å²) >= 11 is 0. The number of benzene rings is 1. The van der Waals surface area contributed by atoms with E-state index in [1.807, 2.05) is 6.07 Å². The molecule has 0 unspecified atom stereocenters. The highest BCUT2D eigenvalue weighted by Gasteiger charge is 2.09. The van der Waals surface area contributed by atoms with Gasteiger partial charge in [-0.2, -0.15) is 0 Å². The molecule has 0 radical (unpaired) electrons. The molecule has 3 rings (SSSR count). The van der Waals surface area contributed by atoms with E-state index in [9.17, 15) is 13.6 Å². The molecular weight excluding hydrogens is 328 g/mol. The van der Waals surface area contributed by atoms with Gasteiger partial charge in [-0.1, -0.05) is 6.07 Å². The molecule has 0 saturated carbocycles. The van der Waals surface area contributed by atoms with Gasteiger partial charge in [0.15, 0.2) is 11.6 Å². The second-order valence-corrected chi connectivity index (χ2v) is 5.04. The molecule has 0 aliphatic carbocycles. The number of hydrogen-bond acceptors (Lipinski definition) is 5. The average Bonchev–Trinajstić information content (AvgIpc) is 2.64. The zero-order valence-corrected chi connectivity index (χ0v) is 12.9. The number of rotatable bonds is 5. The van der Waals surface area contributed by atoms with E-state index in [1.165, 1.54) is 18.5 Å². The highest BCUT2D eigenvalue weighted by atomic mass is 19.2. The van der Waals surface area contributed by atoms with Crippen LogP contribution >= 0.6 is 0 Å². The number of nitrogens with one attached hydrogen (secondary N) is 2. The third kappa shape index (κ3) is 4.31. The third-order valence-corrected chi connectivity index (χ3v) is 3.23. The number of anilines is 2. The number of nitrogens with zero attached hydrogens (tertiary/aromatic N) is 3. The molecule has 3 aromatic rings. The molecule has 2 N–H and O–H groups in total. The summed E-state index contributed by atoms with van der Waals surface area (Å²) in [5.74, 6) is -2.00. The van der Waals surface area contributed by atoms with E-state index < -0.39 is 17.5 Å². The number of carbonyl (C=O) groups is 1. The Balaban J connectivity index is 1.61. The summed E-state index contributed by atoms with van der Waals surface area (Å²) in [5, 5.41) is 5.46. The van der Waals surface area contributed by atoms with Crippen LogP contribution in [0.5, 0.6) is 0 Å². The van der Waals surface area contributed by atoms with Crippen molar-refractivity contribution in [2.24, 2.45) is 0 Å². The van der Waals surface area contributed by atoms with Crippen molar-refractivity contribution in [3.05, 3.63) is 78.0 Å². The second-order valence-electron chi connectivity index (χ2n) is 5.04. The van der Waals surface area contributed by atoms with Gasteiger partial charge < -0.3 is 10.6 Å². The van der Waals surface area contributed by atoms with Gasteiger partial charge >= 0.3 is 0 Å². The quantitative estimate of drug-likeness (QED) is 0.746. The van der Waals surface area contributed by atoms with Gasteiger partial charge in [-0.25, -0.2) is 18.7 Å². The third-order valence-electron chi connectivity index (χ3n) is 3.23. The lowest BCUT2D eigenvalue weighted by atomic mass is 10.3. The molecule has 1 aromatic carbocycles. The largest absolute Gasteiger partial charge is 0.345 e. The fourth-order valence-electron chi connectivity index (χ4n) is 2.00. The summed E-state index contributed by atoms with van der Waals surface area (Å²) in [6.07, 6.45) is 4.26. The van der Waals surface area contributed by atoms with E-state index in [0.29, 0.717) is 11.5 Å². The maximum Gasteiger partial charge on any atom is 0.271 e. The molecule has 1 amide bonds. The molecule has 0 atom stereocenters. The first-order chi connectivity index (χ1) is 12.1. The Labute approximate surface area is 142 Å². The van der Waals surface area contributed by atoms with Crippen LogP contribution in [0.1, 0.15) is 16.2 Å². The molecule has 0 aliphatic rings. The van der Waals surface area contributed by atoms with Gasteiger partial charge in [-0.15, -0.1) is 0 Å². The standard InChI is InChI=1S/C17H13F2N5O/c18-13-5-4-11(7-14(13)19)24-16-10-21-15(9-22-16)17(25)23-8-12-3-1-2-6-20-12/h1-7,9-10H,8H2,(H,22,24)(H,23,25). The van der Waals surface area contributed by atoms with Crippen LogP contribution in [0, 0.1) is 11.6 Å². The summed E-state index contributed by atoms with van der Waals surface area (Å²) in [6.45, 7) is 0.274. The predicted octanol–water partition coefficient (Wildman–Crippen LogP) is 2.82. The second kappa shape index (κ2) is 7.43. The van der Waals surface area contributed by atoms with Gasteiger partial charge in [0.25, 0.3) is 5.91 Å². The Hall–Kier alpha value is -3.42. The van der Waals surface area contributed by atoms with Gasteiger partial charge in [0.1, 0.15) is 11.5 Å². The summed E-state index contributed by atoms with van der Waals surface area (Å²) in [7, 11) is 0. The van der Waals surface area contributed by atoms with Crippen molar-refractivity contribution in [3.63, 3.8) is 0 Å². The molecule has 0 aliphatic heterocycles. The average molecular weight is 341 g/mol. The van der Waals surface area contributed by atoms with Crippen LogP contribution in [0.4, 0.5) is 20.3 Å². The van der Waals surface area contributed by atoms with Crippen LogP contribution in [0.2, 0.25) is 0 Å². The van der Waals surface area contributed by atoms with Crippen LogP contribution in [-0.2, 0) is 6.54 Å². The molecule has 126 valence electrons. The molecule has 8 heteroatoms. The molecule has 6 nitrogen and oxygen atoms in total. The molecule has 2 heterocycles. The SMILES string of the molecule is O=C(NCc1ccccn1)c1cnc(Nc2ccc(F)c(F)c2)cn1. The van der Waals surface area contributed by atoms with E-state index >= 15 is 0 Å². The Morgan fingerprint density at radius 1 is 1.00 bits per heavy atom. The van der Waals surface area contributed by atoms with Crippen molar-refractivity contribution >= 4 is 17.4 Å². The van der Waals surface area contributed by atoms with Crippen molar-refractivity contribution in [1.29, 1.82) is 0 Å². The number of halogens is 2. The first-order valence-electron chi connectivity index (χ1n) is 7.34. The first kappa shape index (κ1) is 16.4. The minimum Gasteiger partial charge on any atom is -0.345 e. The number of hydrogen-bond donors (Lipinski definition) is 2. The Morgan fingerprint density at radius 2 is 1.88 bits per heavy atom. The topological polar surface area (TPSA) is 79.8 Å². The van der Waals surface area contributed by atoms with Gasteiger partial charge in [-0.3, -0.25) is 9.78 Å². The van der Waals surface area contributed by atoms with E-state index in [2.05, 4.69) is 25.6 Å². The van der Waals surface area contributed by atoms with Crippen LogP contribution in [0.25, 0.3) is 0 Å². The van der Waals surface area contributed by atoms with Crippen molar-refractivity contribution < 1.29 is 13.6 Å². The summed E-state index contributed by atoms with van der Waals surface area (Å²) in [6, 6.07) is 8.78. The van der Waals surface area contributed by atoms with Crippen molar-refractivity contribution in [2.75, 3.05) is 5.32 Å². The fourth-order valence-corrected chi connectivity index (χ4v) is 2.00. The van der Waals surface area contributed by atoms with E-state index in [-0.39, 0.29) is 12.2 Å². The van der Waals surface area contributed by atoms with Crippen LogP contribution in [0.3, 0.4) is 0 Å². The first-order valence-corrected chi connectivity index (χ1v) is 7.34. The van der Waals surface area contributed by atoms with Crippen molar-refractivity contribution in [1.82, 2.24) is 20.3 Å². The van der Waals surface area contributed by atoms with Crippen molar-refractivity contribution in [2.45, 2.75) is 6.54 Å². The van der Waals surface area contributed by atoms with Gasteiger partial charge in [0.2, 0.25) is 0 Å². The van der Waals surface area contributed by atoms with Gasteiger partial charge in [-0.05, 0) is 24.3 Å². The minimum atomic E-state index is -0.969. The maximum absolute atomic E-state index is 13.2. The molecule has 0 saturated heterocycles. The highest BCUT2D eigenvalue weighted by molar-refractivity contribution is 5.91. The maximum atomic E-state index is 13.2. The fraction of sp³-hybridized carbons (Fsp3) is 0.0588. The molecule has 25 heavy (non-hydrogen) atoms. The zero-order valence-electron chi connectivity index (χ0n) is 12.9. The molecule has 0 spiro atoms. The van der Waals surface area contributed by atoms with Gasteiger partial charge in [0.05, 0.1) is 24.6 Å². The van der Waals surface area contributed by atoms with Crippen LogP contribution < -0.4 is 10.6 Å². The number of amides is 1. The lowest BCUT2D eigenvalue weighted by Crippen LogP contribution is -2.24. The molecule has 2 aromatic heterocycles. The number of aromatic nitrogens is 3. The van der Waals surface area contributed by atoms with Crippen LogP contribution in [0.15, 0.2) is 55.0 Å². The van der Waals surface area contributed by atoms with E-state index in [1.54, 1.807) is 18.3 Å². The number of carbonyl (C=O) groups excluding carboxylic acids is 1. The molecular formula is C17H13F2N5O. The lowest BCUT2D eigenvalue weighted by Gasteiger charge is -2.07. The number of pyridine rings is 1. The summed E-state index contributed by atoms with van der Waals surface area (Å²) in [5.41, 5.74) is 1.17.